The molecule has 0 bridgehead atoms. The molecule has 0 aliphatic rings. The maximum Gasteiger partial charge on any atom is 0.349 e. The lowest BCUT2D eigenvalue weighted by Gasteiger charge is -2.12. The molecule has 31 heavy (non-hydrogen) atoms. The highest BCUT2D eigenvalue weighted by Crippen LogP contribution is 2.20. The second-order valence-corrected chi connectivity index (χ2v) is 7.73. The number of esters is 1. The van der Waals surface area contributed by atoms with E-state index in [0.717, 1.165) is 23.5 Å². The Kier molecular flexibility index (Phi) is 7.92. The van der Waals surface area contributed by atoms with Gasteiger partial charge >= 0.3 is 5.97 Å². The number of anilines is 1. The molecule has 0 fully saturated rings. The Morgan fingerprint density at radius 1 is 1.23 bits per heavy atom. The molecule has 0 aliphatic carbocycles. The van der Waals surface area contributed by atoms with E-state index in [1.165, 1.54) is 13.0 Å². The Hall–Kier alpha value is -3.66. The van der Waals surface area contributed by atoms with Crippen molar-refractivity contribution in [2.24, 2.45) is 5.92 Å². The number of nitrogens with one attached hydrogen (secondary N) is 1. The molecule has 2 aromatic rings. The highest BCUT2D eigenvalue weighted by Gasteiger charge is 2.17. The second-order valence-electron chi connectivity index (χ2n) is 7.73. The molecule has 0 radical (unpaired) electrons. The minimum absolute atomic E-state index is 0.193. The molecule has 7 nitrogen and oxygen atoms in total. The van der Waals surface area contributed by atoms with Crippen LogP contribution in [0.2, 0.25) is 0 Å². The van der Waals surface area contributed by atoms with Crippen LogP contribution in [0.3, 0.4) is 0 Å². The summed E-state index contributed by atoms with van der Waals surface area (Å²) in [5.41, 5.74) is 3.24. The average Bonchev–Trinajstić information content (AvgIpc) is 2.97. The number of rotatable bonds is 8. The number of nitrogens with zero attached hydrogens (tertiary/aromatic N) is 2. The van der Waals surface area contributed by atoms with Gasteiger partial charge in [0, 0.05) is 23.5 Å². The van der Waals surface area contributed by atoms with Crippen LogP contribution in [-0.4, -0.2) is 28.8 Å². The van der Waals surface area contributed by atoms with Gasteiger partial charge in [-0.3, -0.25) is 9.59 Å². The number of Topliss-reactive ketones (excluding diaryl/α,β-unsaturated/α-hetero) is 1. The molecule has 1 aromatic heterocycles. The number of hydrogen-bond acceptors (Lipinski definition) is 5. The van der Waals surface area contributed by atoms with E-state index in [2.05, 4.69) is 23.7 Å². The van der Waals surface area contributed by atoms with E-state index in [9.17, 15) is 19.6 Å². The number of amides is 1. The first kappa shape index (κ1) is 23.6. The zero-order valence-corrected chi connectivity index (χ0v) is 18.5. The van der Waals surface area contributed by atoms with Gasteiger partial charge < -0.3 is 14.6 Å². The first-order chi connectivity index (χ1) is 14.6. The molecule has 0 aliphatic heterocycles. The van der Waals surface area contributed by atoms with Crippen molar-refractivity contribution in [3.8, 4) is 6.07 Å². The predicted octanol–water partition coefficient (Wildman–Crippen LogP) is 4.05. The van der Waals surface area contributed by atoms with E-state index < -0.39 is 18.5 Å². The highest BCUT2D eigenvalue weighted by molar-refractivity contribution is 6.04. The maximum absolute atomic E-state index is 12.3. The number of nitriles is 1. The molecule has 1 aromatic carbocycles. The Morgan fingerprint density at radius 3 is 2.52 bits per heavy atom. The first-order valence-electron chi connectivity index (χ1n) is 9.99. The Bertz CT molecular complexity index is 1070. The number of carbonyl (C=O) groups excluding carboxylic acids is 3. The largest absolute Gasteiger partial charge is 0.451 e. The van der Waals surface area contributed by atoms with Gasteiger partial charge in [-0.15, -0.1) is 0 Å². The number of benzene rings is 1. The minimum atomic E-state index is -0.883. The fourth-order valence-electron chi connectivity index (χ4n) is 3.21. The lowest BCUT2D eigenvalue weighted by atomic mass is 10.1. The summed E-state index contributed by atoms with van der Waals surface area (Å²) < 4.78 is 7.15. The van der Waals surface area contributed by atoms with Crippen LogP contribution in [0.15, 0.2) is 35.9 Å². The summed E-state index contributed by atoms with van der Waals surface area (Å²) in [6, 6.07) is 10.3. The monoisotopic (exact) mass is 421 g/mol. The molecule has 7 heteroatoms. The van der Waals surface area contributed by atoms with Gasteiger partial charge in [0.2, 0.25) is 0 Å². The lowest BCUT2D eigenvalue weighted by Crippen LogP contribution is -2.22. The van der Waals surface area contributed by atoms with Gasteiger partial charge in [-0.1, -0.05) is 26.0 Å². The standard InChI is InChI=1S/C24H27N3O4/c1-15(2)13-27-16(3)10-19(17(27)4)11-20(12-25)24(30)31-14-23(29)26-22-9-7-6-8-21(22)18(5)28/h6-11,15H,13-14H2,1-5H3,(H,26,29)/b20-11+. The van der Waals surface area contributed by atoms with E-state index in [1.807, 2.05) is 26.0 Å². The fourth-order valence-corrected chi connectivity index (χ4v) is 3.21. The van der Waals surface area contributed by atoms with Crippen LogP contribution in [0, 0.1) is 31.1 Å². The molecule has 1 heterocycles. The number of ether oxygens (including phenoxy) is 1. The van der Waals surface area contributed by atoms with Crippen LogP contribution in [0.25, 0.3) is 6.08 Å². The third-order valence-electron chi connectivity index (χ3n) is 4.72. The van der Waals surface area contributed by atoms with Gasteiger partial charge in [0.25, 0.3) is 5.91 Å². The summed E-state index contributed by atoms with van der Waals surface area (Å²) >= 11 is 0. The normalized spacial score (nSPS) is 11.2. The van der Waals surface area contributed by atoms with E-state index in [1.54, 1.807) is 24.3 Å². The van der Waals surface area contributed by atoms with Gasteiger partial charge in [0.05, 0.1) is 5.69 Å². The molecule has 0 atom stereocenters. The van der Waals surface area contributed by atoms with E-state index in [0.29, 0.717) is 17.2 Å². The van der Waals surface area contributed by atoms with Crippen molar-refractivity contribution in [2.45, 2.75) is 41.2 Å². The second kappa shape index (κ2) is 10.4. The van der Waals surface area contributed by atoms with Crippen LogP contribution in [0.5, 0.6) is 0 Å². The number of hydrogen-bond donors (Lipinski definition) is 1. The number of para-hydroxylation sites is 1. The quantitative estimate of drug-likeness (QED) is 0.300. The molecule has 0 saturated heterocycles. The predicted molar refractivity (Wildman–Crippen MR) is 118 cm³/mol. The lowest BCUT2D eigenvalue weighted by molar-refractivity contribution is -0.142. The van der Waals surface area contributed by atoms with Crippen molar-refractivity contribution >= 4 is 29.4 Å². The van der Waals surface area contributed by atoms with Crippen LogP contribution >= 0.6 is 0 Å². The zero-order valence-electron chi connectivity index (χ0n) is 18.5. The topological polar surface area (TPSA) is 101 Å². The van der Waals surface area contributed by atoms with Gasteiger partial charge in [0.1, 0.15) is 11.6 Å². The fraction of sp³-hybridized carbons (Fsp3) is 0.333. The SMILES string of the molecule is CC(=O)c1ccccc1NC(=O)COC(=O)/C(C#N)=C/c1cc(C)n(CC(C)C)c1C. The molecule has 162 valence electrons. The molecule has 0 unspecified atom stereocenters. The molecular formula is C24H27N3O4. The minimum Gasteiger partial charge on any atom is -0.451 e. The van der Waals surface area contributed by atoms with E-state index in [-0.39, 0.29) is 11.4 Å². The smallest absolute Gasteiger partial charge is 0.349 e. The average molecular weight is 421 g/mol. The number of carbonyl (C=O) groups is 3. The molecule has 1 N–H and O–H groups in total. The Balaban J connectivity index is 2.08. The summed E-state index contributed by atoms with van der Waals surface area (Å²) in [4.78, 5) is 36.1. The molecule has 0 spiro atoms. The van der Waals surface area contributed by atoms with Crippen molar-refractivity contribution in [1.82, 2.24) is 4.57 Å². The van der Waals surface area contributed by atoms with Crippen molar-refractivity contribution < 1.29 is 19.1 Å². The molecule has 2 rings (SSSR count). The van der Waals surface area contributed by atoms with Gasteiger partial charge in [-0.2, -0.15) is 5.26 Å². The summed E-state index contributed by atoms with van der Waals surface area (Å²) in [6.07, 6.45) is 1.48. The molecular weight excluding hydrogens is 394 g/mol. The number of aromatic nitrogens is 1. The van der Waals surface area contributed by atoms with Crippen LogP contribution in [0.4, 0.5) is 5.69 Å². The van der Waals surface area contributed by atoms with E-state index in [4.69, 9.17) is 4.74 Å². The summed E-state index contributed by atoms with van der Waals surface area (Å²) in [6.45, 7) is 9.80. The zero-order chi connectivity index (χ0) is 23.1. The Morgan fingerprint density at radius 2 is 1.90 bits per heavy atom. The van der Waals surface area contributed by atoms with Crippen LogP contribution in [0.1, 0.15) is 48.1 Å². The van der Waals surface area contributed by atoms with Crippen LogP contribution < -0.4 is 5.32 Å². The maximum atomic E-state index is 12.3. The number of ketones is 1. The highest BCUT2D eigenvalue weighted by atomic mass is 16.5. The third kappa shape index (κ3) is 6.16. The molecule has 0 saturated carbocycles. The first-order valence-corrected chi connectivity index (χ1v) is 9.99. The van der Waals surface area contributed by atoms with Crippen molar-refractivity contribution in [3.63, 3.8) is 0 Å². The summed E-state index contributed by atoms with van der Waals surface area (Å²) in [5.74, 6) is -1.23. The van der Waals surface area contributed by atoms with Crippen LogP contribution in [-0.2, 0) is 20.9 Å². The third-order valence-corrected chi connectivity index (χ3v) is 4.72. The summed E-state index contributed by atoms with van der Waals surface area (Å²) in [5, 5.41) is 12.0. The van der Waals surface area contributed by atoms with Gasteiger partial charge in [-0.05, 0) is 56.5 Å². The van der Waals surface area contributed by atoms with Gasteiger partial charge in [-0.25, -0.2) is 4.79 Å². The number of aryl methyl sites for hydroxylation is 1. The Labute approximate surface area is 182 Å². The van der Waals surface area contributed by atoms with Gasteiger partial charge in [0.15, 0.2) is 12.4 Å². The molecule has 1 amide bonds. The van der Waals surface area contributed by atoms with E-state index >= 15 is 0 Å². The summed E-state index contributed by atoms with van der Waals surface area (Å²) in [7, 11) is 0. The van der Waals surface area contributed by atoms with Crippen molar-refractivity contribution in [2.75, 3.05) is 11.9 Å². The van der Waals surface area contributed by atoms with Crippen molar-refractivity contribution in [1.29, 1.82) is 5.26 Å². The van der Waals surface area contributed by atoms with Crippen molar-refractivity contribution in [3.05, 3.63) is 58.4 Å².